The van der Waals surface area contributed by atoms with Gasteiger partial charge in [-0.15, -0.1) is 0 Å². The van der Waals surface area contributed by atoms with Crippen molar-refractivity contribution in [3.63, 3.8) is 0 Å². The lowest BCUT2D eigenvalue weighted by atomic mass is 10.0. The largest absolute Gasteiger partial charge is 0.444 e. The Balaban J connectivity index is 2.42. The van der Waals surface area contributed by atoms with Crippen molar-refractivity contribution in [2.24, 2.45) is 5.92 Å². The first kappa shape index (κ1) is 14.6. The summed E-state index contributed by atoms with van der Waals surface area (Å²) in [5.74, 6) is 0.919. The topological polar surface area (TPSA) is 49.8 Å². The Kier molecular flexibility index (Phi) is 5.13. The maximum atomic E-state index is 11.8. The van der Waals surface area contributed by atoms with Crippen molar-refractivity contribution < 1.29 is 14.6 Å². The number of nitrogens with zero attached hydrogens (tertiary/aromatic N) is 1. The molecule has 1 unspecified atom stereocenters. The molecule has 0 bridgehead atoms. The van der Waals surface area contributed by atoms with Crippen molar-refractivity contribution >= 4 is 17.9 Å². The van der Waals surface area contributed by atoms with Crippen molar-refractivity contribution in [2.75, 3.05) is 25.1 Å². The van der Waals surface area contributed by atoms with Gasteiger partial charge in [0, 0.05) is 24.8 Å². The highest BCUT2D eigenvalue weighted by Crippen LogP contribution is 2.23. The second kappa shape index (κ2) is 5.96. The van der Waals surface area contributed by atoms with E-state index in [2.05, 4.69) is 0 Å². The monoisotopic (exact) mass is 261 g/mol. The van der Waals surface area contributed by atoms with Crippen molar-refractivity contribution in [3.8, 4) is 0 Å². The van der Waals surface area contributed by atoms with Gasteiger partial charge in [0.2, 0.25) is 0 Å². The van der Waals surface area contributed by atoms with Crippen LogP contribution in [0.15, 0.2) is 0 Å². The minimum atomic E-state index is -0.451. The predicted octanol–water partition coefficient (Wildman–Crippen LogP) is 1.97. The van der Waals surface area contributed by atoms with Gasteiger partial charge < -0.3 is 14.7 Å². The molecular formula is C12H23NO3S. The number of likely N-dealkylation sites (tertiary alicyclic amines) is 1. The van der Waals surface area contributed by atoms with E-state index >= 15 is 0 Å². The fourth-order valence-electron chi connectivity index (χ4n) is 1.90. The molecule has 1 aliphatic heterocycles. The zero-order chi connectivity index (χ0) is 13.1. The summed E-state index contributed by atoms with van der Waals surface area (Å²) >= 11 is 1.63. The summed E-state index contributed by atoms with van der Waals surface area (Å²) in [6.45, 7) is 6.88. The van der Waals surface area contributed by atoms with Crippen molar-refractivity contribution in [3.05, 3.63) is 0 Å². The number of aliphatic hydroxyl groups is 1. The third-order valence-corrected chi connectivity index (χ3v) is 3.43. The summed E-state index contributed by atoms with van der Waals surface area (Å²) in [6.07, 6.45) is 2.25. The van der Waals surface area contributed by atoms with Gasteiger partial charge in [0.05, 0.1) is 6.10 Å². The van der Waals surface area contributed by atoms with Crippen LogP contribution >= 0.6 is 11.8 Å². The maximum absolute atomic E-state index is 11.8. The van der Waals surface area contributed by atoms with Gasteiger partial charge in [-0.25, -0.2) is 4.79 Å². The normalized spacial score (nSPS) is 22.6. The average Bonchev–Trinajstić information content (AvgIpc) is 2.63. The maximum Gasteiger partial charge on any atom is 0.410 e. The van der Waals surface area contributed by atoms with Gasteiger partial charge in [-0.1, -0.05) is 0 Å². The number of carbonyl (C=O) groups is 1. The van der Waals surface area contributed by atoms with Crippen LogP contribution in [0.3, 0.4) is 0 Å². The molecule has 1 saturated heterocycles. The van der Waals surface area contributed by atoms with E-state index in [1.54, 1.807) is 16.7 Å². The summed E-state index contributed by atoms with van der Waals surface area (Å²) in [4.78, 5) is 13.5. The van der Waals surface area contributed by atoms with Crippen LogP contribution in [0, 0.1) is 5.92 Å². The molecule has 2 atom stereocenters. The van der Waals surface area contributed by atoms with E-state index in [-0.39, 0.29) is 18.1 Å². The second-order valence-corrected chi connectivity index (χ2v) is 6.41. The molecule has 1 amide bonds. The minimum absolute atomic E-state index is 0.190. The molecule has 100 valence electrons. The molecule has 0 radical (unpaired) electrons. The zero-order valence-corrected chi connectivity index (χ0v) is 11.9. The van der Waals surface area contributed by atoms with Crippen molar-refractivity contribution in [2.45, 2.75) is 38.9 Å². The molecule has 0 aliphatic carbocycles. The third kappa shape index (κ3) is 4.76. The second-order valence-electron chi connectivity index (χ2n) is 5.50. The average molecular weight is 261 g/mol. The first-order valence-electron chi connectivity index (χ1n) is 5.98. The number of hydrogen-bond acceptors (Lipinski definition) is 4. The van der Waals surface area contributed by atoms with Gasteiger partial charge in [0.1, 0.15) is 5.60 Å². The van der Waals surface area contributed by atoms with Crippen LogP contribution in [0.1, 0.15) is 27.2 Å². The number of rotatable bonds is 3. The van der Waals surface area contributed by atoms with E-state index in [0.717, 1.165) is 12.2 Å². The van der Waals surface area contributed by atoms with E-state index in [4.69, 9.17) is 4.74 Å². The lowest BCUT2D eigenvalue weighted by molar-refractivity contribution is 0.0274. The number of ether oxygens (including phenoxy) is 1. The van der Waals surface area contributed by atoms with Crippen molar-refractivity contribution in [1.82, 2.24) is 4.90 Å². The lowest BCUT2D eigenvalue weighted by Crippen LogP contribution is -2.36. The van der Waals surface area contributed by atoms with Gasteiger partial charge in [-0.3, -0.25) is 0 Å². The SMILES string of the molecule is CSC[C@H](O)C1CCN(C(=O)OC(C)(C)C)C1. The molecule has 1 fully saturated rings. The molecule has 0 aromatic rings. The predicted molar refractivity (Wildman–Crippen MR) is 70.3 cm³/mol. The molecule has 17 heavy (non-hydrogen) atoms. The first-order chi connectivity index (χ1) is 7.83. The molecule has 0 aromatic heterocycles. The molecule has 0 saturated carbocycles. The fraction of sp³-hybridized carbons (Fsp3) is 0.917. The number of carbonyl (C=O) groups excluding carboxylic acids is 1. The van der Waals surface area contributed by atoms with Crippen LogP contribution in [0.2, 0.25) is 0 Å². The highest BCUT2D eigenvalue weighted by atomic mass is 32.2. The van der Waals surface area contributed by atoms with E-state index < -0.39 is 5.60 Å². The van der Waals surface area contributed by atoms with Crippen LogP contribution in [0.25, 0.3) is 0 Å². The Hall–Kier alpha value is -0.420. The van der Waals surface area contributed by atoms with Crippen LogP contribution < -0.4 is 0 Å². The van der Waals surface area contributed by atoms with Gasteiger partial charge >= 0.3 is 6.09 Å². The number of aliphatic hydroxyl groups excluding tert-OH is 1. The summed E-state index contributed by atoms with van der Waals surface area (Å²) in [5, 5.41) is 9.88. The lowest BCUT2D eigenvalue weighted by Gasteiger charge is -2.25. The first-order valence-corrected chi connectivity index (χ1v) is 7.38. The van der Waals surface area contributed by atoms with Gasteiger partial charge in [0.25, 0.3) is 0 Å². The fourth-order valence-corrected chi connectivity index (χ4v) is 2.51. The molecule has 1 aliphatic rings. The molecule has 4 nitrogen and oxygen atoms in total. The Labute approximate surface area is 108 Å². The van der Waals surface area contributed by atoms with Gasteiger partial charge in [-0.05, 0) is 33.4 Å². The number of amides is 1. The molecule has 1 N–H and O–H groups in total. The van der Waals surface area contributed by atoms with Crippen LogP contribution in [-0.4, -0.2) is 52.9 Å². The van der Waals surface area contributed by atoms with E-state index in [1.807, 2.05) is 27.0 Å². The van der Waals surface area contributed by atoms with Crippen LogP contribution in [-0.2, 0) is 4.74 Å². The summed E-state index contributed by atoms with van der Waals surface area (Å²) in [6, 6.07) is 0. The molecule has 5 heteroatoms. The zero-order valence-electron chi connectivity index (χ0n) is 11.1. The minimum Gasteiger partial charge on any atom is -0.444 e. The van der Waals surface area contributed by atoms with E-state index in [0.29, 0.717) is 13.1 Å². The third-order valence-electron chi connectivity index (χ3n) is 2.76. The molecule has 0 spiro atoms. The Morgan fingerprint density at radius 1 is 1.59 bits per heavy atom. The Bertz CT molecular complexity index is 265. The Morgan fingerprint density at radius 3 is 2.76 bits per heavy atom. The van der Waals surface area contributed by atoms with E-state index in [9.17, 15) is 9.90 Å². The number of hydrogen-bond donors (Lipinski definition) is 1. The Morgan fingerprint density at radius 2 is 2.24 bits per heavy atom. The van der Waals surface area contributed by atoms with Crippen LogP contribution in [0.4, 0.5) is 4.79 Å². The molecule has 1 heterocycles. The number of thioether (sulfide) groups is 1. The summed E-state index contributed by atoms with van der Waals surface area (Å²) < 4.78 is 5.31. The molecule has 0 aromatic carbocycles. The standard InChI is InChI=1S/C12H23NO3S/c1-12(2,3)16-11(15)13-6-5-9(7-13)10(14)8-17-4/h9-10,14H,5-8H2,1-4H3/t9?,10-/m0/s1. The molecular weight excluding hydrogens is 238 g/mol. The van der Waals surface area contributed by atoms with Gasteiger partial charge in [-0.2, -0.15) is 11.8 Å². The quantitative estimate of drug-likeness (QED) is 0.844. The van der Waals surface area contributed by atoms with E-state index in [1.165, 1.54) is 0 Å². The summed E-state index contributed by atoms with van der Waals surface area (Å²) in [7, 11) is 0. The highest BCUT2D eigenvalue weighted by molar-refractivity contribution is 7.98. The van der Waals surface area contributed by atoms with Crippen LogP contribution in [0.5, 0.6) is 0 Å². The molecule has 1 rings (SSSR count). The van der Waals surface area contributed by atoms with Crippen molar-refractivity contribution in [1.29, 1.82) is 0 Å². The smallest absolute Gasteiger partial charge is 0.410 e. The highest BCUT2D eigenvalue weighted by Gasteiger charge is 2.32. The van der Waals surface area contributed by atoms with Gasteiger partial charge in [0.15, 0.2) is 0 Å². The summed E-state index contributed by atoms with van der Waals surface area (Å²) in [5.41, 5.74) is -0.451.